The van der Waals surface area contributed by atoms with Crippen LogP contribution in [0.5, 0.6) is 5.88 Å². The van der Waals surface area contributed by atoms with E-state index in [2.05, 4.69) is 26.3 Å². The highest BCUT2D eigenvalue weighted by Gasteiger charge is 2.22. The Hall–Kier alpha value is -3.34. The van der Waals surface area contributed by atoms with Crippen LogP contribution in [-0.2, 0) is 0 Å². The predicted octanol–water partition coefficient (Wildman–Crippen LogP) is 1.71. The molecule has 0 aliphatic carbocycles. The van der Waals surface area contributed by atoms with Gasteiger partial charge in [-0.05, 0) is 18.2 Å². The minimum absolute atomic E-state index is 0.162. The minimum atomic E-state index is -0.162. The molecule has 8 nitrogen and oxygen atoms in total. The quantitative estimate of drug-likeness (QED) is 0.915. The number of carbonyl (C=O) groups excluding carboxylic acids is 1. The molecule has 1 fully saturated rings. The molecule has 3 rings (SSSR count). The van der Waals surface area contributed by atoms with E-state index in [9.17, 15) is 4.79 Å². The van der Waals surface area contributed by atoms with Crippen molar-refractivity contribution >= 4 is 17.5 Å². The smallest absolute Gasteiger partial charge is 0.322 e. The molecule has 8 heteroatoms. The van der Waals surface area contributed by atoms with E-state index < -0.39 is 0 Å². The zero-order chi connectivity index (χ0) is 17.6. The number of pyridine rings is 2. The van der Waals surface area contributed by atoms with Gasteiger partial charge in [-0.2, -0.15) is 5.26 Å². The lowest BCUT2D eigenvalue weighted by atomic mass is 10.2. The number of carbonyl (C=O) groups is 1. The molecule has 128 valence electrons. The Morgan fingerprint density at radius 1 is 1.24 bits per heavy atom. The molecule has 0 atom stereocenters. The van der Waals surface area contributed by atoms with Gasteiger partial charge in [0, 0.05) is 38.4 Å². The lowest BCUT2D eigenvalue weighted by Gasteiger charge is -2.35. The second-order valence-electron chi connectivity index (χ2n) is 5.51. The maximum absolute atomic E-state index is 12.3. The third kappa shape index (κ3) is 3.95. The van der Waals surface area contributed by atoms with E-state index in [4.69, 9.17) is 10.00 Å². The van der Waals surface area contributed by atoms with Crippen molar-refractivity contribution in [2.45, 2.75) is 0 Å². The molecule has 0 saturated carbocycles. The second kappa shape index (κ2) is 7.49. The van der Waals surface area contributed by atoms with E-state index in [1.54, 1.807) is 48.7 Å². The van der Waals surface area contributed by atoms with Crippen LogP contribution in [0.15, 0.2) is 36.7 Å². The van der Waals surface area contributed by atoms with Crippen LogP contribution in [-0.4, -0.2) is 54.2 Å². The number of urea groups is 1. The summed E-state index contributed by atoms with van der Waals surface area (Å²) in [6.07, 6.45) is 3.19. The largest absolute Gasteiger partial charge is 0.481 e. The molecule has 0 bridgehead atoms. The number of hydrogen-bond acceptors (Lipinski definition) is 6. The monoisotopic (exact) mass is 338 g/mol. The first-order valence-electron chi connectivity index (χ1n) is 7.86. The number of nitrogens with one attached hydrogen (secondary N) is 1. The van der Waals surface area contributed by atoms with Crippen LogP contribution in [0.2, 0.25) is 0 Å². The van der Waals surface area contributed by atoms with E-state index in [1.165, 1.54) is 0 Å². The first-order chi connectivity index (χ1) is 12.2. The predicted molar refractivity (Wildman–Crippen MR) is 92.5 cm³/mol. The van der Waals surface area contributed by atoms with Crippen LogP contribution >= 0.6 is 0 Å². The highest BCUT2D eigenvalue weighted by molar-refractivity contribution is 5.89. The minimum Gasteiger partial charge on any atom is -0.481 e. The van der Waals surface area contributed by atoms with Crippen LogP contribution in [0.3, 0.4) is 0 Å². The normalized spacial score (nSPS) is 13.9. The Morgan fingerprint density at radius 2 is 2.04 bits per heavy atom. The fourth-order valence-corrected chi connectivity index (χ4v) is 2.58. The van der Waals surface area contributed by atoms with E-state index in [0.717, 1.165) is 5.82 Å². The Bertz CT molecular complexity index is 778. The number of hydrogen-bond donors (Lipinski definition) is 1. The molecular formula is C17H18N6O2. The van der Waals surface area contributed by atoms with Gasteiger partial charge in [-0.3, -0.25) is 0 Å². The third-order valence-corrected chi connectivity index (χ3v) is 3.96. The van der Waals surface area contributed by atoms with E-state index in [1.807, 2.05) is 0 Å². The van der Waals surface area contributed by atoms with Crippen molar-refractivity contribution in [2.75, 3.05) is 43.5 Å². The van der Waals surface area contributed by atoms with Crippen molar-refractivity contribution in [3.63, 3.8) is 0 Å². The van der Waals surface area contributed by atoms with Gasteiger partial charge in [0.25, 0.3) is 0 Å². The van der Waals surface area contributed by atoms with E-state index in [-0.39, 0.29) is 6.03 Å². The molecule has 1 aliphatic rings. The van der Waals surface area contributed by atoms with E-state index >= 15 is 0 Å². The van der Waals surface area contributed by atoms with Gasteiger partial charge in [-0.1, -0.05) is 0 Å². The van der Waals surface area contributed by atoms with Gasteiger partial charge in [-0.25, -0.2) is 14.8 Å². The van der Waals surface area contributed by atoms with Crippen molar-refractivity contribution in [2.24, 2.45) is 0 Å². The van der Waals surface area contributed by atoms with Gasteiger partial charge >= 0.3 is 6.03 Å². The lowest BCUT2D eigenvalue weighted by molar-refractivity contribution is 0.208. The molecule has 2 amide bonds. The molecule has 0 spiro atoms. The molecule has 0 radical (unpaired) electrons. The Morgan fingerprint density at radius 3 is 2.68 bits per heavy atom. The SMILES string of the molecule is COc1ccc(NC(=O)N2CCN(c3cc(C#N)ccn3)CC2)cn1. The number of anilines is 2. The summed E-state index contributed by atoms with van der Waals surface area (Å²) in [5.74, 6) is 1.26. The highest BCUT2D eigenvalue weighted by atomic mass is 16.5. The zero-order valence-corrected chi connectivity index (χ0v) is 13.8. The lowest BCUT2D eigenvalue weighted by Crippen LogP contribution is -2.50. The molecule has 0 unspecified atom stereocenters. The van der Waals surface area contributed by atoms with Crippen molar-refractivity contribution in [1.29, 1.82) is 5.26 Å². The number of aromatic nitrogens is 2. The number of nitriles is 1. The number of ether oxygens (including phenoxy) is 1. The van der Waals surface area contributed by atoms with Crippen molar-refractivity contribution in [1.82, 2.24) is 14.9 Å². The van der Waals surface area contributed by atoms with Gasteiger partial charge < -0.3 is 19.9 Å². The standard InChI is InChI=1S/C17H18N6O2/c1-25-16-3-2-14(12-20-16)21-17(24)23-8-6-22(7-9-23)15-10-13(11-18)4-5-19-15/h2-5,10,12H,6-9H2,1H3,(H,21,24). The van der Waals surface area contributed by atoms with Crippen molar-refractivity contribution in [3.8, 4) is 11.9 Å². The Labute approximate surface area is 145 Å². The Balaban J connectivity index is 1.56. The summed E-state index contributed by atoms with van der Waals surface area (Å²) in [4.78, 5) is 24.5. The molecule has 1 saturated heterocycles. The molecule has 0 aromatic carbocycles. The van der Waals surface area contributed by atoms with Crippen LogP contribution in [0.1, 0.15) is 5.56 Å². The fourth-order valence-electron chi connectivity index (χ4n) is 2.58. The van der Waals surface area contributed by atoms with Gasteiger partial charge in [0.15, 0.2) is 0 Å². The molecule has 3 heterocycles. The molecule has 25 heavy (non-hydrogen) atoms. The summed E-state index contributed by atoms with van der Waals surface area (Å²) in [6, 6.07) is 8.83. The second-order valence-corrected chi connectivity index (χ2v) is 5.51. The number of rotatable bonds is 3. The summed E-state index contributed by atoms with van der Waals surface area (Å²) in [6.45, 7) is 2.48. The maximum atomic E-state index is 12.3. The Kier molecular flexibility index (Phi) is 4.95. The number of amides is 2. The fraction of sp³-hybridized carbons (Fsp3) is 0.294. The average Bonchev–Trinajstić information content (AvgIpc) is 2.68. The summed E-state index contributed by atoms with van der Waals surface area (Å²) in [7, 11) is 1.54. The van der Waals surface area contributed by atoms with E-state index in [0.29, 0.717) is 43.3 Å². The maximum Gasteiger partial charge on any atom is 0.322 e. The number of methoxy groups -OCH3 is 1. The summed E-state index contributed by atoms with van der Waals surface area (Å²) < 4.78 is 5.00. The molecule has 2 aromatic rings. The molecule has 1 aliphatic heterocycles. The van der Waals surface area contributed by atoms with Crippen LogP contribution in [0.25, 0.3) is 0 Å². The average molecular weight is 338 g/mol. The first kappa shape index (κ1) is 16.5. The van der Waals surface area contributed by atoms with Crippen molar-refractivity contribution < 1.29 is 9.53 Å². The van der Waals surface area contributed by atoms with Gasteiger partial charge in [0.1, 0.15) is 5.82 Å². The topological polar surface area (TPSA) is 94.4 Å². The molecule has 2 aromatic heterocycles. The number of piperazine rings is 1. The van der Waals surface area contributed by atoms with Gasteiger partial charge in [-0.15, -0.1) is 0 Å². The third-order valence-electron chi connectivity index (χ3n) is 3.96. The van der Waals surface area contributed by atoms with Crippen molar-refractivity contribution in [3.05, 3.63) is 42.2 Å². The van der Waals surface area contributed by atoms with Gasteiger partial charge in [0.05, 0.1) is 30.6 Å². The van der Waals surface area contributed by atoms with Crippen LogP contribution in [0, 0.1) is 11.3 Å². The summed E-state index contributed by atoms with van der Waals surface area (Å²) in [5.41, 5.74) is 1.20. The summed E-state index contributed by atoms with van der Waals surface area (Å²) >= 11 is 0. The molecule has 1 N–H and O–H groups in total. The first-order valence-corrected chi connectivity index (χ1v) is 7.86. The number of nitrogens with zero attached hydrogens (tertiary/aromatic N) is 5. The summed E-state index contributed by atoms with van der Waals surface area (Å²) in [5, 5.41) is 11.8. The van der Waals surface area contributed by atoms with Gasteiger partial charge in [0.2, 0.25) is 5.88 Å². The van der Waals surface area contributed by atoms with Crippen LogP contribution in [0.4, 0.5) is 16.3 Å². The molecular weight excluding hydrogens is 320 g/mol. The zero-order valence-electron chi connectivity index (χ0n) is 13.8. The van der Waals surface area contributed by atoms with Crippen LogP contribution < -0.4 is 15.0 Å². The highest BCUT2D eigenvalue weighted by Crippen LogP contribution is 2.16.